The van der Waals surface area contributed by atoms with Crippen LogP contribution in [-0.2, 0) is 26.9 Å². The van der Waals surface area contributed by atoms with E-state index in [1.165, 1.54) is 23.6 Å². The van der Waals surface area contributed by atoms with Gasteiger partial charge in [-0.05, 0) is 81.1 Å². The molecule has 1 N–H and O–H groups in total. The van der Waals surface area contributed by atoms with Gasteiger partial charge >= 0.3 is 5.97 Å². The minimum atomic E-state index is -0.967. The molecule has 1 saturated heterocycles. The summed E-state index contributed by atoms with van der Waals surface area (Å²) in [5, 5.41) is 0.380. The highest BCUT2D eigenvalue weighted by Gasteiger charge is 2.28. The number of benzene rings is 2. The number of aryl methyl sites for hydroxylation is 3. The molecule has 1 aliphatic heterocycles. The van der Waals surface area contributed by atoms with Crippen molar-refractivity contribution in [1.82, 2.24) is 14.5 Å². The third kappa shape index (κ3) is 5.41. The molecule has 1 unspecified atom stereocenters. The standard InChI is InChI=1S/C34H34FN3O6/c1-18-11-23(35)12-19(2)30(18)42-28-8-7-22(34(4,5)44-20(3)39)13-24(28)26-16-38(6)33(40)25-14-29(43-31(25)26)27-15-36-32(37-27)21-9-10-41-17-21/h7-8,11-16,21H,9-10,17H2,1-6H3,(H,36,37). The maximum absolute atomic E-state index is 14.1. The zero-order valence-electron chi connectivity index (χ0n) is 25.5. The number of hydrogen-bond donors (Lipinski definition) is 1. The van der Waals surface area contributed by atoms with Crippen LogP contribution in [0.4, 0.5) is 4.39 Å². The fourth-order valence-electron chi connectivity index (χ4n) is 5.79. The topological polar surface area (TPSA) is 109 Å². The summed E-state index contributed by atoms with van der Waals surface area (Å²) in [6.45, 7) is 9.82. The number of esters is 1. The molecule has 1 aliphatic rings. The van der Waals surface area contributed by atoms with E-state index in [0.29, 0.717) is 75.0 Å². The lowest BCUT2D eigenvalue weighted by molar-refractivity contribution is -0.154. The van der Waals surface area contributed by atoms with Crippen molar-refractivity contribution in [1.29, 1.82) is 0 Å². The first-order chi connectivity index (χ1) is 20.9. The van der Waals surface area contributed by atoms with Gasteiger partial charge in [0.25, 0.3) is 5.56 Å². The molecule has 0 bridgehead atoms. The van der Waals surface area contributed by atoms with Gasteiger partial charge < -0.3 is 28.2 Å². The number of nitrogens with one attached hydrogen (secondary N) is 1. The largest absolute Gasteiger partial charge is 0.456 e. The number of ether oxygens (including phenoxy) is 3. The molecule has 3 aromatic heterocycles. The molecule has 9 nitrogen and oxygen atoms in total. The Morgan fingerprint density at radius 3 is 2.57 bits per heavy atom. The lowest BCUT2D eigenvalue weighted by Gasteiger charge is -2.26. The van der Waals surface area contributed by atoms with Crippen LogP contribution in [0.2, 0.25) is 0 Å². The fourth-order valence-corrected chi connectivity index (χ4v) is 5.79. The van der Waals surface area contributed by atoms with Gasteiger partial charge in [-0.25, -0.2) is 9.37 Å². The van der Waals surface area contributed by atoms with Crippen molar-refractivity contribution in [2.75, 3.05) is 13.2 Å². The molecule has 228 valence electrons. The molecule has 0 aliphatic carbocycles. The van der Waals surface area contributed by atoms with Crippen LogP contribution in [0.3, 0.4) is 0 Å². The zero-order chi connectivity index (χ0) is 31.3. The molecule has 4 heterocycles. The molecule has 1 fully saturated rings. The highest BCUT2D eigenvalue weighted by Crippen LogP contribution is 2.42. The monoisotopic (exact) mass is 599 g/mol. The van der Waals surface area contributed by atoms with Crippen molar-refractivity contribution in [2.45, 2.75) is 52.6 Å². The van der Waals surface area contributed by atoms with Crippen LogP contribution in [0, 0.1) is 19.7 Å². The van der Waals surface area contributed by atoms with Crippen LogP contribution in [-0.4, -0.2) is 33.7 Å². The lowest BCUT2D eigenvalue weighted by atomic mass is 9.93. The Hall–Kier alpha value is -4.70. The SMILES string of the molecule is CC(=O)OC(C)(C)c1ccc(Oc2c(C)cc(F)cc2C)c(-c2cn(C)c(=O)c3cc(-c4cnc(C5CCOC5)[nH]4)oc23)c1. The molecule has 0 radical (unpaired) electrons. The molecular formula is C34H34FN3O6. The van der Waals surface area contributed by atoms with Crippen LogP contribution in [0.15, 0.2) is 58.0 Å². The van der Waals surface area contributed by atoms with Crippen molar-refractivity contribution >= 4 is 16.9 Å². The van der Waals surface area contributed by atoms with Crippen LogP contribution in [0.1, 0.15) is 55.6 Å². The number of pyridine rings is 1. The minimum absolute atomic E-state index is 0.179. The fraction of sp³-hybridized carbons (Fsp3) is 0.324. The molecule has 0 spiro atoms. The summed E-state index contributed by atoms with van der Waals surface area (Å²) in [5.74, 6) is 1.65. The Balaban J connectivity index is 1.54. The van der Waals surface area contributed by atoms with Gasteiger partial charge in [-0.1, -0.05) is 6.07 Å². The molecule has 6 rings (SSSR count). The molecule has 1 atom stereocenters. The van der Waals surface area contributed by atoms with Gasteiger partial charge in [-0.2, -0.15) is 0 Å². The quantitative estimate of drug-likeness (QED) is 0.200. The number of furan rings is 1. The Morgan fingerprint density at radius 1 is 1.14 bits per heavy atom. The van der Waals surface area contributed by atoms with Crippen LogP contribution >= 0.6 is 0 Å². The first-order valence-corrected chi connectivity index (χ1v) is 14.5. The van der Waals surface area contributed by atoms with Gasteiger partial charge in [-0.15, -0.1) is 0 Å². The van der Waals surface area contributed by atoms with Crippen molar-refractivity contribution < 1.29 is 27.8 Å². The molecule has 0 saturated carbocycles. The van der Waals surface area contributed by atoms with Gasteiger partial charge in [0.05, 0.1) is 18.2 Å². The van der Waals surface area contributed by atoms with E-state index in [9.17, 15) is 14.0 Å². The van der Waals surface area contributed by atoms with Crippen molar-refractivity contribution in [3.8, 4) is 34.1 Å². The third-order valence-corrected chi connectivity index (χ3v) is 8.03. The number of imidazole rings is 1. The van der Waals surface area contributed by atoms with E-state index < -0.39 is 11.6 Å². The van der Waals surface area contributed by atoms with E-state index in [1.807, 2.05) is 12.1 Å². The predicted molar refractivity (Wildman–Crippen MR) is 163 cm³/mol. The first kappa shape index (κ1) is 29.4. The molecular weight excluding hydrogens is 565 g/mol. The first-order valence-electron chi connectivity index (χ1n) is 14.5. The Morgan fingerprint density at radius 2 is 1.89 bits per heavy atom. The second-order valence-electron chi connectivity index (χ2n) is 11.8. The highest BCUT2D eigenvalue weighted by molar-refractivity contribution is 5.95. The zero-order valence-corrected chi connectivity index (χ0v) is 25.5. The number of halogens is 1. The van der Waals surface area contributed by atoms with Gasteiger partial charge in [-0.3, -0.25) is 9.59 Å². The number of carbonyl (C=O) groups is 1. The number of aromatic amines is 1. The highest BCUT2D eigenvalue weighted by atomic mass is 19.1. The van der Waals surface area contributed by atoms with E-state index in [4.69, 9.17) is 18.6 Å². The molecule has 10 heteroatoms. The molecule has 2 aromatic carbocycles. The van der Waals surface area contributed by atoms with Crippen molar-refractivity contribution in [2.24, 2.45) is 7.05 Å². The Labute approximate surface area is 253 Å². The third-order valence-electron chi connectivity index (χ3n) is 8.03. The Bertz CT molecular complexity index is 1940. The predicted octanol–water partition coefficient (Wildman–Crippen LogP) is 7.04. The average Bonchev–Trinajstić information content (AvgIpc) is 3.73. The number of hydrogen-bond acceptors (Lipinski definition) is 7. The number of rotatable bonds is 7. The second kappa shape index (κ2) is 11.1. The Kier molecular flexibility index (Phi) is 7.41. The summed E-state index contributed by atoms with van der Waals surface area (Å²) in [6.07, 6.45) is 4.28. The average molecular weight is 600 g/mol. The van der Waals surface area contributed by atoms with Crippen molar-refractivity contribution in [3.05, 3.63) is 87.5 Å². The number of H-pyrrole nitrogens is 1. The van der Waals surface area contributed by atoms with Crippen LogP contribution in [0.25, 0.3) is 33.6 Å². The van der Waals surface area contributed by atoms with Crippen LogP contribution < -0.4 is 10.3 Å². The van der Waals surface area contributed by atoms with Gasteiger partial charge in [0.1, 0.15) is 40.0 Å². The summed E-state index contributed by atoms with van der Waals surface area (Å²) in [7, 11) is 1.67. The van der Waals surface area contributed by atoms with E-state index in [0.717, 1.165) is 12.2 Å². The van der Waals surface area contributed by atoms with E-state index in [1.54, 1.807) is 59.3 Å². The summed E-state index contributed by atoms with van der Waals surface area (Å²) in [5.41, 5.74) is 2.97. The molecule has 5 aromatic rings. The maximum Gasteiger partial charge on any atom is 0.303 e. The summed E-state index contributed by atoms with van der Waals surface area (Å²) in [6, 6.07) is 10.0. The van der Waals surface area contributed by atoms with Gasteiger partial charge in [0, 0.05) is 43.8 Å². The van der Waals surface area contributed by atoms with Crippen molar-refractivity contribution in [3.63, 3.8) is 0 Å². The summed E-state index contributed by atoms with van der Waals surface area (Å²) in [4.78, 5) is 33.2. The minimum Gasteiger partial charge on any atom is -0.456 e. The van der Waals surface area contributed by atoms with Gasteiger partial charge in [0.15, 0.2) is 5.76 Å². The number of nitrogens with zero attached hydrogens (tertiary/aromatic N) is 2. The number of fused-ring (bicyclic) bond motifs is 1. The van der Waals surface area contributed by atoms with E-state index in [-0.39, 0.29) is 17.3 Å². The normalized spacial score (nSPS) is 15.2. The second-order valence-corrected chi connectivity index (χ2v) is 11.8. The van der Waals surface area contributed by atoms with Gasteiger partial charge in [0.2, 0.25) is 0 Å². The number of aromatic nitrogens is 3. The molecule has 0 amide bonds. The van der Waals surface area contributed by atoms with Crippen LogP contribution in [0.5, 0.6) is 11.5 Å². The maximum atomic E-state index is 14.1. The van der Waals surface area contributed by atoms with E-state index in [2.05, 4.69) is 9.97 Å². The number of carbonyl (C=O) groups excluding carboxylic acids is 1. The molecule has 44 heavy (non-hydrogen) atoms. The smallest absolute Gasteiger partial charge is 0.303 e. The van der Waals surface area contributed by atoms with E-state index >= 15 is 0 Å². The summed E-state index contributed by atoms with van der Waals surface area (Å²) >= 11 is 0. The lowest BCUT2D eigenvalue weighted by Crippen LogP contribution is -2.24. The summed E-state index contributed by atoms with van der Waals surface area (Å²) < 4.78 is 39.6.